The third kappa shape index (κ3) is 3.52. The lowest BCUT2D eigenvalue weighted by Gasteiger charge is -2.10. The molecule has 2 aromatic rings. The number of nitrogens with one attached hydrogen (secondary N) is 1. The van der Waals surface area contributed by atoms with Gasteiger partial charge in [0.2, 0.25) is 0 Å². The van der Waals surface area contributed by atoms with E-state index < -0.39 is 5.97 Å². The summed E-state index contributed by atoms with van der Waals surface area (Å²) in [4.78, 5) is 23.9. The summed E-state index contributed by atoms with van der Waals surface area (Å²) in [5.74, 6) is -0.963. The number of benzene rings is 2. The molecule has 1 amide bonds. The minimum Gasteiger partial charge on any atom is -0.465 e. The number of carbonyl (C=O) groups is 2. The number of amides is 1. The van der Waals surface area contributed by atoms with Crippen LogP contribution in [0.1, 0.15) is 20.7 Å². The molecule has 0 aliphatic heterocycles. The lowest BCUT2D eigenvalue weighted by Crippen LogP contribution is -2.15. The van der Waals surface area contributed by atoms with Crippen LogP contribution < -0.4 is 11.1 Å². The van der Waals surface area contributed by atoms with E-state index in [1.54, 1.807) is 36.4 Å². The van der Waals surface area contributed by atoms with Crippen LogP contribution in [-0.2, 0) is 4.74 Å². The van der Waals surface area contributed by atoms with Gasteiger partial charge in [-0.25, -0.2) is 4.79 Å². The highest BCUT2D eigenvalue weighted by Gasteiger charge is 2.15. The van der Waals surface area contributed by atoms with Gasteiger partial charge in [0.15, 0.2) is 0 Å². The maximum absolute atomic E-state index is 12.2. The predicted octanol–water partition coefficient (Wildman–Crippen LogP) is 2.96. The van der Waals surface area contributed by atoms with Gasteiger partial charge >= 0.3 is 5.97 Å². The van der Waals surface area contributed by atoms with Gasteiger partial charge in [-0.2, -0.15) is 0 Å². The first kappa shape index (κ1) is 14.9. The SMILES string of the molecule is COC(=O)c1cc(Cl)ccc1NC(=O)c1cccc(N)c1. The molecule has 0 atom stereocenters. The summed E-state index contributed by atoms with van der Waals surface area (Å²) in [7, 11) is 1.26. The molecule has 6 heteroatoms. The van der Waals surface area contributed by atoms with Gasteiger partial charge in [-0.15, -0.1) is 0 Å². The molecule has 2 aromatic carbocycles. The molecule has 2 rings (SSSR count). The molecule has 0 unspecified atom stereocenters. The van der Waals surface area contributed by atoms with Crippen molar-refractivity contribution in [2.75, 3.05) is 18.2 Å². The number of methoxy groups -OCH3 is 1. The molecule has 0 bridgehead atoms. The van der Waals surface area contributed by atoms with E-state index in [4.69, 9.17) is 17.3 Å². The Kier molecular flexibility index (Phi) is 4.45. The molecule has 108 valence electrons. The van der Waals surface area contributed by atoms with E-state index in [0.717, 1.165) is 0 Å². The maximum atomic E-state index is 12.2. The Hall–Kier alpha value is -2.53. The van der Waals surface area contributed by atoms with Gasteiger partial charge in [-0.3, -0.25) is 4.79 Å². The van der Waals surface area contributed by atoms with Crippen molar-refractivity contribution in [1.82, 2.24) is 0 Å². The molecule has 0 aliphatic rings. The monoisotopic (exact) mass is 304 g/mol. The molecule has 0 heterocycles. The third-order valence-electron chi connectivity index (χ3n) is 2.78. The second-order valence-electron chi connectivity index (χ2n) is 4.26. The van der Waals surface area contributed by atoms with Crippen molar-refractivity contribution in [3.63, 3.8) is 0 Å². The highest BCUT2D eigenvalue weighted by Crippen LogP contribution is 2.22. The first-order chi connectivity index (χ1) is 10.0. The normalized spacial score (nSPS) is 10.0. The Morgan fingerprint density at radius 2 is 1.95 bits per heavy atom. The summed E-state index contributed by atoms with van der Waals surface area (Å²) in [6.07, 6.45) is 0. The smallest absolute Gasteiger partial charge is 0.340 e. The van der Waals surface area contributed by atoms with Crippen LogP contribution in [-0.4, -0.2) is 19.0 Å². The number of hydrogen-bond donors (Lipinski definition) is 2. The molecular formula is C15H13ClN2O3. The third-order valence-corrected chi connectivity index (χ3v) is 3.02. The zero-order valence-corrected chi connectivity index (χ0v) is 12.0. The van der Waals surface area contributed by atoms with Crippen LogP contribution in [0.5, 0.6) is 0 Å². The van der Waals surface area contributed by atoms with E-state index in [0.29, 0.717) is 22.0 Å². The lowest BCUT2D eigenvalue weighted by molar-refractivity contribution is 0.0602. The van der Waals surface area contributed by atoms with Crippen molar-refractivity contribution in [3.8, 4) is 0 Å². The Morgan fingerprint density at radius 3 is 2.62 bits per heavy atom. The predicted molar refractivity (Wildman–Crippen MR) is 81.6 cm³/mol. The summed E-state index contributed by atoms with van der Waals surface area (Å²) in [6, 6.07) is 11.1. The number of ether oxygens (including phenoxy) is 1. The van der Waals surface area contributed by atoms with E-state index in [2.05, 4.69) is 10.1 Å². The molecule has 5 nitrogen and oxygen atoms in total. The molecule has 3 N–H and O–H groups in total. The summed E-state index contributed by atoms with van der Waals surface area (Å²) in [6.45, 7) is 0. The van der Waals surface area contributed by atoms with Crippen molar-refractivity contribution in [1.29, 1.82) is 0 Å². The highest BCUT2D eigenvalue weighted by atomic mass is 35.5. The number of nitrogens with two attached hydrogens (primary N) is 1. The van der Waals surface area contributed by atoms with E-state index >= 15 is 0 Å². The molecule has 0 saturated heterocycles. The summed E-state index contributed by atoms with van der Waals surface area (Å²) < 4.78 is 4.67. The average Bonchev–Trinajstić information content (AvgIpc) is 2.48. The van der Waals surface area contributed by atoms with E-state index in [1.165, 1.54) is 13.2 Å². The summed E-state index contributed by atoms with van der Waals surface area (Å²) in [5.41, 5.74) is 7.01. The molecule has 0 spiro atoms. The fourth-order valence-electron chi connectivity index (χ4n) is 1.78. The zero-order valence-electron chi connectivity index (χ0n) is 11.2. The Bertz CT molecular complexity index is 701. The second-order valence-corrected chi connectivity index (χ2v) is 4.70. The standard InChI is InChI=1S/C15H13ClN2O3/c1-21-15(20)12-8-10(16)5-6-13(12)18-14(19)9-3-2-4-11(17)7-9/h2-8H,17H2,1H3,(H,18,19). The lowest BCUT2D eigenvalue weighted by atomic mass is 10.1. The quantitative estimate of drug-likeness (QED) is 0.674. The largest absolute Gasteiger partial charge is 0.465 e. The van der Waals surface area contributed by atoms with Gasteiger partial charge in [0.1, 0.15) is 0 Å². The van der Waals surface area contributed by atoms with Gasteiger partial charge in [0, 0.05) is 16.3 Å². The fraction of sp³-hybridized carbons (Fsp3) is 0.0667. The van der Waals surface area contributed by atoms with Gasteiger partial charge in [0.25, 0.3) is 5.91 Å². The van der Waals surface area contributed by atoms with Crippen molar-refractivity contribution in [2.45, 2.75) is 0 Å². The van der Waals surface area contributed by atoms with Crippen molar-refractivity contribution >= 4 is 34.9 Å². The number of nitrogen functional groups attached to an aromatic ring is 1. The molecule has 0 aromatic heterocycles. The summed E-state index contributed by atoms with van der Waals surface area (Å²) >= 11 is 5.86. The first-order valence-corrected chi connectivity index (χ1v) is 6.44. The van der Waals surface area contributed by atoms with Crippen LogP contribution >= 0.6 is 11.6 Å². The molecule has 0 saturated carbocycles. The maximum Gasteiger partial charge on any atom is 0.340 e. The number of anilines is 2. The highest BCUT2D eigenvalue weighted by molar-refractivity contribution is 6.31. The van der Waals surface area contributed by atoms with Crippen molar-refractivity contribution in [2.24, 2.45) is 0 Å². The van der Waals surface area contributed by atoms with Gasteiger partial charge in [-0.05, 0) is 36.4 Å². The number of rotatable bonds is 3. The number of esters is 1. The minimum atomic E-state index is -0.583. The van der Waals surface area contributed by atoms with Crippen LogP contribution in [0.3, 0.4) is 0 Å². The van der Waals surface area contributed by atoms with Crippen molar-refractivity contribution in [3.05, 3.63) is 58.6 Å². The van der Waals surface area contributed by atoms with Crippen LogP contribution in [0.25, 0.3) is 0 Å². The Morgan fingerprint density at radius 1 is 1.19 bits per heavy atom. The topological polar surface area (TPSA) is 81.4 Å². The second kappa shape index (κ2) is 6.28. The van der Waals surface area contributed by atoms with Crippen LogP contribution in [0.15, 0.2) is 42.5 Å². The molecule has 21 heavy (non-hydrogen) atoms. The molecule has 0 aliphatic carbocycles. The van der Waals surface area contributed by atoms with E-state index in [9.17, 15) is 9.59 Å². The average molecular weight is 305 g/mol. The van der Waals surface area contributed by atoms with E-state index in [1.807, 2.05) is 0 Å². The molecule has 0 radical (unpaired) electrons. The molecule has 0 fully saturated rings. The number of halogens is 1. The van der Waals surface area contributed by atoms with Crippen LogP contribution in [0.4, 0.5) is 11.4 Å². The first-order valence-electron chi connectivity index (χ1n) is 6.06. The summed E-state index contributed by atoms with van der Waals surface area (Å²) in [5, 5.41) is 3.02. The number of hydrogen-bond acceptors (Lipinski definition) is 4. The minimum absolute atomic E-state index is 0.183. The zero-order chi connectivity index (χ0) is 15.4. The van der Waals surface area contributed by atoms with Gasteiger partial charge in [0.05, 0.1) is 18.4 Å². The number of carbonyl (C=O) groups excluding carboxylic acids is 2. The van der Waals surface area contributed by atoms with E-state index in [-0.39, 0.29) is 11.5 Å². The van der Waals surface area contributed by atoms with Gasteiger partial charge in [-0.1, -0.05) is 17.7 Å². The van der Waals surface area contributed by atoms with Crippen molar-refractivity contribution < 1.29 is 14.3 Å². The van der Waals surface area contributed by atoms with Gasteiger partial charge < -0.3 is 15.8 Å². The molecular weight excluding hydrogens is 292 g/mol. The Balaban J connectivity index is 2.31. The van der Waals surface area contributed by atoms with Crippen LogP contribution in [0.2, 0.25) is 5.02 Å². The van der Waals surface area contributed by atoms with Crippen LogP contribution in [0, 0.1) is 0 Å². The Labute approximate surface area is 126 Å². The fourth-order valence-corrected chi connectivity index (χ4v) is 1.95.